The monoisotopic (exact) mass is 542 g/mol. The second kappa shape index (κ2) is 10.4. The molecule has 0 bridgehead atoms. The molecule has 0 aliphatic carbocycles. The van der Waals surface area contributed by atoms with Gasteiger partial charge in [0.15, 0.2) is 4.77 Å². The van der Waals surface area contributed by atoms with Crippen LogP contribution in [0.5, 0.6) is 0 Å². The molecule has 1 amide bonds. The van der Waals surface area contributed by atoms with Gasteiger partial charge in [-0.1, -0.05) is 24.6 Å². The van der Waals surface area contributed by atoms with Crippen molar-refractivity contribution >= 4 is 39.9 Å². The molecule has 1 aromatic carbocycles. The summed E-state index contributed by atoms with van der Waals surface area (Å²) in [5.41, 5.74) is -3.94. The number of amides is 1. The number of hydrogen-bond donors (Lipinski definition) is 1. The molecule has 186 valence electrons. The Morgan fingerprint density at radius 3 is 2.47 bits per heavy atom. The predicted molar refractivity (Wildman–Crippen MR) is 120 cm³/mol. The van der Waals surface area contributed by atoms with Crippen molar-refractivity contribution in [3.8, 4) is 5.69 Å². The van der Waals surface area contributed by atoms with Crippen molar-refractivity contribution in [3.05, 3.63) is 68.1 Å². The van der Waals surface area contributed by atoms with Crippen molar-refractivity contribution < 1.29 is 30.8 Å². The van der Waals surface area contributed by atoms with Gasteiger partial charge in [-0.2, -0.15) is 25.9 Å². The largest absolute Gasteiger partial charge is 0.431 e. The summed E-state index contributed by atoms with van der Waals surface area (Å²) < 4.78 is 82.1. The molecule has 8 nitrogen and oxygen atoms in total. The maximum Gasteiger partial charge on any atom is 0.431 e. The number of alkyl halides is 3. The third kappa shape index (κ3) is 5.74. The van der Waals surface area contributed by atoms with Gasteiger partial charge in [0.05, 0.1) is 16.3 Å². The maximum absolute atomic E-state index is 14.7. The van der Waals surface area contributed by atoms with Gasteiger partial charge in [-0.3, -0.25) is 14.2 Å². The maximum atomic E-state index is 14.7. The molecule has 0 radical (unpaired) electrons. The van der Waals surface area contributed by atoms with Crippen LogP contribution >= 0.6 is 23.8 Å². The second-order valence-corrected chi connectivity index (χ2v) is 9.35. The normalized spacial score (nSPS) is 12.1. The summed E-state index contributed by atoms with van der Waals surface area (Å²) in [4.78, 5) is 25.1. The first-order valence-corrected chi connectivity index (χ1v) is 11.7. The van der Waals surface area contributed by atoms with Crippen LogP contribution < -0.4 is 10.3 Å². The van der Waals surface area contributed by atoms with E-state index in [4.69, 9.17) is 23.8 Å². The van der Waals surface area contributed by atoms with E-state index in [9.17, 15) is 35.6 Å². The first-order chi connectivity index (χ1) is 15.7. The zero-order valence-electron chi connectivity index (χ0n) is 17.8. The number of nitrogens with zero attached hydrogens (tertiary/aromatic N) is 3. The van der Waals surface area contributed by atoms with Crippen LogP contribution in [0.25, 0.3) is 5.69 Å². The van der Waals surface area contributed by atoms with Crippen LogP contribution in [0.3, 0.4) is 0 Å². The van der Waals surface area contributed by atoms with Gasteiger partial charge < -0.3 is 4.57 Å². The molecule has 0 fully saturated rings. The molecule has 0 aliphatic rings. The highest BCUT2D eigenvalue weighted by Crippen LogP contribution is 2.29. The number of rotatable bonds is 8. The molecule has 0 saturated heterocycles. The summed E-state index contributed by atoms with van der Waals surface area (Å²) in [5.74, 6) is -2.44. The fourth-order valence-electron chi connectivity index (χ4n) is 2.94. The standard InChI is InChI=1S/C19H19ClF4N4O4S2/c1-4-6-27(7-5-2)34(31,32)25-17(30)11-8-14(13(21)9-12(11)20)28-16(29)10-15(19(22,23)24)26(3)18(28)33/h4,8-10H,1,5-7H2,2-3H3,(H,25,30). The Hall–Kier alpha value is -2.55. The van der Waals surface area contributed by atoms with Crippen LogP contribution in [-0.2, 0) is 23.4 Å². The number of carbonyl (C=O) groups is 1. The molecule has 0 saturated carbocycles. The van der Waals surface area contributed by atoms with Crippen LogP contribution in [0.15, 0.2) is 35.6 Å². The van der Waals surface area contributed by atoms with E-state index in [0.29, 0.717) is 21.6 Å². The van der Waals surface area contributed by atoms with Gasteiger partial charge in [0.1, 0.15) is 11.5 Å². The number of benzene rings is 1. The summed E-state index contributed by atoms with van der Waals surface area (Å²) in [5, 5.41) is -0.505. The summed E-state index contributed by atoms with van der Waals surface area (Å²) in [6, 6.07) is 1.56. The summed E-state index contributed by atoms with van der Waals surface area (Å²) in [7, 11) is -3.42. The molecule has 15 heteroatoms. The van der Waals surface area contributed by atoms with Crippen LogP contribution in [-0.4, -0.2) is 40.9 Å². The topological polar surface area (TPSA) is 93.4 Å². The van der Waals surface area contributed by atoms with E-state index in [1.165, 1.54) is 6.08 Å². The van der Waals surface area contributed by atoms with E-state index < -0.39 is 60.4 Å². The van der Waals surface area contributed by atoms with Gasteiger partial charge >= 0.3 is 16.4 Å². The predicted octanol–water partition coefficient (Wildman–Crippen LogP) is 3.59. The third-order valence-corrected chi connectivity index (χ3v) is 6.72. The van der Waals surface area contributed by atoms with Crippen LogP contribution in [0.1, 0.15) is 29.4 Å². The van der Waals surface area contributed by atoms with E-state index in [-0.39, 0.29) is 19.2 Å². The van der Waals surface area contributed by atoms with Crippen molar-refractivity contribution in [2.75, 3.05) is 13.1 Å². The molecular weight excluding hydrogens is 524 g/mol. The lowest BCUT2D eigenvalue weighted by Crippen LogP contribution is -2.44. The Bertz CT molecular complexity index is 1350. The lowest BCUT2D eigenvalue weighted by molar-refractivity contribution is -0.143. The molecule has 1 N–H and O–H groups in total. The molecule has 0 atom stereocenters. The summed E-state index contributed by atoms with van der Waals surface area (Å²) in [6.07, 6.45) is -3.17. The molecule has 2 rings (SSSR count). The minimum absolute atomic E-state index is 0.0633. The molecule has 2 aromatic rings. The zero-order chi connectivity index (χ0) is 26.0. The molecule has 34 heavy (non-hydrogen) atoms. The summed E-state index contributed by atoms with van der Waals surface area (Å²) in [6.45, 7) is 5.13. The van der Waals surface area contributed by atoms with Gasteiger partial charge in [0.25, 0.3) is 11.5 Å². The minimum atomic E-state index is -4.91. The quantitative estimate of drug-likeness (QED) is 0.313. The van der Waals surface area contributed by atoms with E-state index in [2.05, 4.69) is 6.58 Å². The minimum Gasteiger partial charge on any atom is -0.317 e. The molecule has 0 spiro atoms. The number of hydrogen-bond acceptors (Lipinski definition) is 5. The van der Waals surface area contributed by atoms with Gasteiger partial charge in [0.2, 0.25) is 0 Å². The Labute approximate surface area is 202 Å². The van der Waals surface area contributed by atoms with Crippen molar-refractivity contribution in [2.24, 2.45) is 7.05 Å². The SMILES string of the molecule is C=CCN(CCC)S(=O)(=O)NC(=O)c1cc(-n2c(=O)cc(C(F)(F)F)n(C)c2=S)c(F)cc1Cl. The first-order valence-electron chi connectivity index (χ1n) is 9.48. The average molecular weight is 543 g/mol. The molecule has 1 heterocycles. The highest BCUT2D eigenvalue weighted by atomic mass is 35.5. The van der Waals surface area contributed by atoms with Crippen LogP contribution in [0, 0.1) is 10.6 Å². The Balaban J connectivity index is 2.63. The van der Waals surface area contributed by atoms with Crippen molar-refractivity contribution in [1.29, 1.82) is 0 Å². The smallest absolute Gasteiger partial charge is 0.317 e. The third-order valence-electron chi connectivity index (χ3n) is 4.50. The Morgan fingerprint density at radius 2 is 1.94 bits per heavy atom. The number of halogens is 5. The van der Waals surface area contributed by atoms with Gasteiger partial charge in [-0.25, -0.2) is 9.11 Å². The van der Waals surface area contributed by atoms with Crippen molar-refractivity contribution in [1.82, 2.24) is 18.2 Å². The molecular formula is C19H19ClF4N4O4S2. The second-order valence-electron chi connectivity index (χ2n) is 6.91. The fourth-order valence-corrected chi connectivity index (χ4v) is 4.66. The molecule has 0 unspecified atom stereocenters. The van der Waals surface area contributed by atoms with Gasteiger partial charge in [0, 0.05) is 26.2 Å². The fraction of sp³-hybridized carbons (Fsp3) is 0.316. The molecule has 0 aliphatic heterocycles. The lowest BCUT2D eigenvalue weighted by Gasteiger charge is -2.20. The van der Waals surface area contributed by atoms with Crippen molar-refractivity contribution in [2.45, 2.75) is 19.5 Å². The lowest BCUT2D eigenvalue weighted by atomic mass is 10.1. The Kier molecular flexibility index (Phi) is 8.45. The van der Waals surface area contributed by atoms with E-state index in [0.717, 1.165) is 17.4 Å². The zero-order valence-corrected chi connectivity index (χ0v) is 20.2. The van der Waals surface area contributed by atoms with Crippen LogP contribution in [0.2, 0.25) is 5.02 Å². The van der Waals surface area contributed by atoms with Gasteiger partial charge in [-0.15, -0.1) is 6.58 Å². The van der Waals surface area contributed by atoms with E-state index >= 15 is 0 Å². The highest BCUT2D eigenvalue weighted by molar-refractivity contribution is 7.87. The Morgan fingerprint density at radius 1 is 1.32 bits per heavy atom. The highest BCUT2D eigenvalue weighted by Gasteiger charge is 2.35. The van der Waals surface area contributed by atoms with E-state index in [1.54, 1.807) is 11.6 Å². The first kappa shape index (κ1) is 27.7. The van der Waals surface area contributed by atoms with Gasteiger partial charge in [-0.05, 0) is 30.8 Å². The van der Waals surface area contributed by atoms with Crippen molar-refractivity contribution in [3.63, 3.8) is 0 Å². The number of nitrogens with one attached hydrogen (secondary N) is 1. The average Bonchev–Trinajstić information content (AvgIpc) is 2.70. The molecule has 1 aromatic heterocycles. The number of carbonyl (C=O) groups excluding carboxylic acids is 1. The van der Waals surface area contributed by atoms with Crippen LogP contribution in [0.4, 0.5) is 17.6 Å². The summed E-state index contributed by atoms with van der Waals surface area (Å²) >= 11 is 10.8. The van der Waals surface area contributed by atoms with E-state index in [1.807, 2.05) is 0 Å². The number of aromatic nitrogens is 2.